The number of carbonyl (C=O) groups excluding carboxylic acids is 2. The summed E-state index contributed by atoms with van der Waals surface area (Å²) >= 11 is 0. The van der Waals surface area contributed by atoms with Gasteiger partial charge in [0.1, 0.15) is 11.4 Å². The van der Waals surface area contributed by atoms with E-state index in [0.717, 1.165) is 5.56 Å². The molecule has 154 valence electrons. The first-order valence-electron chi connectivity index (χ1n) is 10.1. The van der Waals surface area contributed by atoms with Gasteiger partial charge < -0.3 is 4.74 Å². The number of hydrogen-bond donors (Lipinski definition) is 0. The van der Waals surface area contributed by atoms with E-state index in [1.165, 1.54) is 17.0 Å². The van der Waals surface area contributed by atoms with Crippen molar-refractivity contribution in [3.8, 4) is 5.75 Å². The summed E-state index contributed by atoms with van der Waals surface area (Å²) in [4.78, 5) is 38.8. The molecular weight excluding hydrogens is 384 g/mol. The Morgan fingerprint density at radius 3 is 2.60 bits per heavy atom. The van der Waals surface area contributed by atoms with E-state index in [1.807, 2.05) is 30.3 Å². The zero-order valence-corrected chi connectivity index (χ0v) is 16.7. The molecule has 2 aromatic carbocycles. The fourth-order valence-electron chi connectivity index (χ4n) is 4.34. The fourth-order valence-corrected chi connectivity index (χ4v) is 4.34. The van der Waals surface area contributed by atoms with Crippen LogP contribution < -0.4 is 9.64 Å². The van der Waals surface area contributed by atoms with Crippen molar-refractivity contribution >= 4 is 23.1 Å². The second-order valence-corrected chi connectivity index (χ2v) is 7.37. The van der Waals surface area contributed by atoms with Crippen molar-refractivity contribution in [2.75, 3.05) is 11.5 Å². The molecule has 0 saturated heterocycles. The molecule has 7 heteroatoms. The summed E-state index contributed by atoms with van der Waals surface area (Å²) in [5.74, 6) is -0.186. The van der Waals surface area contributed by atoms with Gasteiger partial charge in [-0.15, -0.1) is 0 Å². The number of hydrogen-bond acceptors (Lipinski definition) is 5. The highest BCUT2D eigenvalue weighted by Crippen LogP contribution is 2.45. The lowest BCUT2D eigenvalue weighted by Crippen LogP contribution is -2.40. The third-order valence-electron chi connectivity index (χ3n) is 5.57. The zero-order valence-electron chi connectivity index (χ0n) is 16.7. The van der Waals surface area contributed by atoms with E-state index >= 15 is 0 Å². The molecule has 4 rings (SSSR count). The topological polar surface area (TPSA) is 89.8 Å². The molecule has 0 bridgehead atoms. The third-order valence-corrected chi connectivity index (χ3v) is 5.57. The van der Waals surface area contributed by atoms with Gasteiger partial charge in [0.2, 0.25) is 5.91 Å². The van der Waals surface area contributed by atoms with Gasteiger partial charge in [-0.05, 0) is 37.5 Å². The van der Waals surface area contributed by atoms with Gasteiger partial charge in [-0.2, -0.15) is 0 Å². The van der Waals surface area contributed by atoms with Crippen LogP contribution in [0.4, 0.5) is 11.4 Å². The Balaban J connectivity index is 1.87. The smallest absolute Gasteiger partial charge is 0.297 e. The van der Waals surface area contributed by atoms with Crippen LogP contribution in [0.5, 0.6) is 5.75 Å². The van der Waals surface area contributed by atoms with Crippen LogP contribution in [-0.4, -0.2) is 23.2 Å². The number of carbonyl (C=O) groups is 2. The highest BCUT2D eigenvalue weighted by atomic mass is 16.6. The highest BCUT2D eigenvalue weighted by Gasteiger charge is 2.41. The summed E-state index contributed by atoms with van der Waals surface area (Å²) in [6.45, 7) is 2.17. The van der Waals surface area contributed by atoms with Crippen LogP contribution in [-0.2, 0) is 9.59 Å². The first-order chi connectivity index (χ1) is 14.5. The molecule has 1 amide bonds. The molecule has 0 radical (unpaired) electrons. The van der Waals surface area contributed by atoms with Gasteiger partial charge in [0, 0.05) is 30.0 Å². The summed E-state index contributed by atoms with van der Waals surface area (Å²) < 4.78 is 5.39. The van der Waals surface area contributed by atoms with Crippen molar-refractivity contribution in [2.24, 2.45) is 0 Å². The molecule has 0 N–H and O–H groups in total. The van der Waals surface area contributed by atoms with Gasteiger partial charge in [-0.1, -0.05) is 30.3 Å². The van der Waals surface area contributed by atoms with Crippen LogP contribution in [0.2, 0.25) is 0 Å². The monoisotopic (exact) mass is 406 g/mol. The van der Waals surface area contributed by atoms with E-state index in [0.29, 0.717) is 42.9 Å². The Hall–Kier alpha value is -3.48. The Bertz CT molecular complexity index is 1040. The van der Waals surface area contributed by atoms with E-state index in [4.69, 9.17) is 4.74 Å². The minimum Gasteiger partial charge on any atom is -0.494 e. The normalized spacial score (nSPS) is 19.0. The number of ketones is 1. The average Bonchev–Trinajstić information content (AvgIpc) is 2.74. The maximum absolute atomic E-state index is 13.3. The molecule has 1 unspecified atom stereocenters. The van der Waals surface area contributed by atoms with E-state index in [1.54, 1.807) is 13.0 Å². The largest absolute Gasteiger partial charge is 0.494 e. The predicted molar refractivity (Wildman–Crippen MR) is 111 cm³/mol. The summed E-state index contributed by atoms with van der Waals surface area (Å²) in [6, 6.07) is 14.0. The molecule has 30 heavy (non-hydrogen) atoms. The van der Waals surface area contributed by atoms with Gasteiger partial charge in [-0.3, -0.25) is 24.6 Å². The van der Waals surface area contributed by atoms with Crippen LogP contribution in [0.1, 0.15) is 44.1 Å². The number of amides is 1. The van der Waals surface area contributed by atoms with Crippen molar-refractivity contribution < 1.29 is 19.2 Å². The number of Topliss-reactive ketones (excluding diaryl/α,β-unsaturated/α-hetero) is 1. The predicted octanol–water partition coefficient (Wildman–Crippen LogP) is 4.52. The van der Waals surface area contributed by atoms with E-state index in [9.17, 15) is 19.7 Å². The average molecular weight is 406 g/mol. The maximum Gasteiger partial charge on any atom is 0.297 e. The van der Waals surface area contributed by atoms with Crippen LogP contribution >= 0.6 is 0 Å². The standard InChI is InChI=1S/C23H22N2O5/c1-2-30-16-11-12-18(20(13-16)25(28)29)24-19-9-6-10-21(26)23(19)17(14-22(24)27)15-7-4-3-5-8-15/h3-5,7-8,11-13,17H,2,6,9-10,14H2,1H3. The summed E-state index contributed by atoms with van der Waals surface area (Å²) in [5, 5.41) is 11.8. The Morgan fingerprint density at radius 1 is 1.13 bits per heavy atom. The quantitative estimate of drug-likeness (QED) is 0.538. The van der Waals surface area contributed by atoms with E-state index in [-0.39, 0.29) is 35.4 Å². The number of benzene rings is 2. The second kappa shape index (κ2) is 8.10. The number of nitro benzene ring substituents is 1. The van der Waals surface area contributed by atoms with Gasteiger partial charge in [-0.25, -0.2) is 0 Å². The number of rotatable bonds is 5. The number of allylic oxidation sites excluding steroid dienone is 2. The Labute approximate surface area is 174 Å². The first kappa shape index (κ1) is 19.8. The van der Waals surface area contributed by atoms with Gasteiger partial charge in [0.25, 0.3) is 5.69 Å². The van der Waals surface area contributed by atoms with Crippen LogP contribution in [0, 0.1) is 10.1 Å². The van der Waals surface area contributed by atoms with Gasteiger partial charge >= 0.3 is 0 Å². The molecule has 0 saturated carbocycles. The number of nitrogens with zero attached hydrogens (tertiary/aromatic N) is 2. The number of nitro groups is 1. The fraction of sp³-hybridized carbons (Fsp3) is 0.304. The van der Waals surface area contributed by atoms with Crippen molar-refractivity contribution in [3.05, 3.63) is 75.5 Å². The molecule has 1 aliphatic heterocycles. The lowest BCUT2D eigenvalue weighted by Gasteiger charge is -2.38. The maximum atomic E-state index is 13.3. The molecule has 1 atom stereocenters. The van der Waals surface area contributed by atoms with Gasteiger partial charge in [0.05, 0.1) is 17.6 Å². The number of ether oxygens (including phenoxy) is 1. The lowest BCUT2D eigenvalue weighted by atomic mass is 9.77. The molecule has 0 aromatic heterocycles. The van der Waals surface area contributed by atoms with E-state index < -0.39 is 4.92 Å². The van der Waals surface area contributed by atoms with Crippen LogP contribution in [0.25, 0.3) is 0 Å². The molecule has 1 heterocycles. The van der Waals surface area contributed by atoms with Crippen molar-refractivity contribution in [2.45, 2.75) is 38.5 Å². The highest BCUT2D eigenvalue weighted by molar-refractivity contribution is 6.08. The third kappa shape index (κ3) is 3.47. The summed E-state index contributed by atoms with van der Waals surface area (Å²) in [6.07, 6.45) is 1.67. The first-order valence-corrected chi connectivity index (χ1v) is 10.1. The molecule has 0 fully saturated rings. The lowest BCUT2D eigenvalue weighted by molar-refractivity contribution is -0.384. The molecular formula is C23H22N2O5. The Kier molecular flexibility index (Phi) is 5.35. The van der Waals surface area contributed by atoms with Gasteiger partial charge in [0.15, 0.2) is 5.78 Å². The van der Waals surface area contributed by atoms with Crippen molar-refractivity contribution in [1.82, 2.24) is 0 Å². The summed E-state index contributed by atoms with van der Waals surface area (Å²) in [7, 11) is 0. The van der Waals surface area contributed by atoms with Crippen LogP contribution in [0.15, 0.2) is 59.8 Å². The minimum atomic E-state index is -0.515. The number of anilines is 1. The van der Waals surface area contributed by atoms with Crippen molar-refractivity contribution in [1.29, 1.82) is 0 Å². The molecule has 2 aliphatic rings. The zero-order chi connectivity index (χ0) is 21.3. The van der Waals surface area contributed by atoms with E-state index in [2.05, 4.69) is 0 Å². The van der Waals surface area contributed by atoms with Crippen LogP contribution in [0.3, 0.4) is 0 Å². The minimum absolute atomic E-state index is 0.0104. The molecule has 0 spiro atoms. The van der Waals surface area contributed by atoms with Crippen molar-refractivity contribution in [3.63, 3.8) is 0 Å². The molecule has 7 nitrogen and oxygen atoms in total. The molecule has 2 aromatic rings. The second-order valence-electron chi connectivity index (χ2n) is 7.37. The Morgan fingerprint density at radius 2 is 1.90 bits per heavy atom. The summed E-state index contributed by atoms with van der Waals surface area (Å²) in [5.41, 5.74) is 2.08. The molecule has 1 aliphatic carbocycles. The SMILES string of the molecule is CCOc1ccc(N2C(=O)CC(c3ccccc3)C3=C2CCCC3=O)c([N+](=O)[O-])c1.